The molecule has 3 unspecified atom stereocenters. The summed E-state index contributed by atoms with van der Waals surface area (Å²) in [5.41, 5.74) is -0.0844. The van der Waals surface area contributed by atoms with E-state index in [9.17, 15) is 19.5 Å². The van der Waals surface area contributed by atoms with Gasteiger partial charge in [0.15, 0.2) is 0 Å². The molecule has 3 rings (SSSR count). The highest BCUT2D eigenvalue weighted by molar-refractivity contribution is 6.36. The van der Waals surface area contributed by atoms with E-state index in [2.05, 4.69) is 10.3 Å². The number of aryl methyl sites for hydroxylation is 1. The van der Waals surface area contributed by atoms with E-state index in [0.717, 1.165) is 0 Å². The largest absolute Gasteiger partial charge is 0.390 e. The van der Waals surface area contributed by atoms with Crippen molar-refractivity contribution in [3.05, 3.63) is 66.4 Å². The maximum Gasteiger partial charge on any atom is 0.330 e. The van der Waals surface area contributed by atoms with Crippen molar-refractivity contribution in [2.45, 2.75) is 44.6 Å². The Morgan fingerprint density at radius 3 is 2.69 bits per heavy atom. The monoisotopic (exact) mass is 441 g/mol. The van der Waals surface area contributed by atoms with Gasteiger partial charge in [-0.2, -0.15) is 0 Å². The van der Waals surface area contributed by atoms with E-state index in [1.54, 1.807) is 25.1 Å². The molecule has 0 spiro atoms. The molecule has 1 fully saturated rings. The number of halogens is 2. The molecule has 8 nitrogen and oxygen atoms in total. The Morgan fingerprint density at radius 2 is 2.03 bits per heavy atom. The second kappa shape index (κ2) is 9.13. The molecule has 3 atom stereocenters. The fourth-order valence-corrected chi connectivity index (χ4v) is 3.73. The number of amides is 1. The van der Waals surface area contributed by atoms with Crippen LogP contribution in [0.5, 0.6) is 0 Å². The van der Waals surface area contributed by atoms with Gasteiger partial charge in [0.25, 0.3) is 5.56 Å². The molecule has 156 valence electrons. The van der Waals surface area contributed by atoms with Crippen molar-refractivity contribution in [3.63, 3.8) is 0 Å². The van der Waals surface area contributed by atoms with Crippen LogP contribution in [0, 0.1) is 0 Å². The lowest BCUT2D eigenvalue weighted by atomic mass is 10.1. The van der Waals surface area contributed by atoms with Crippen molar-refractivity contribution in [2.75, 3.05) is 6.54 Å². The molecular formula is C19H21Cl2N3O5. The van der Waals surface area contributed by atoms with Crippen LogP contribution in [-0.4, -0.2) is 39.3 Å². The zero-order chi connectivity index (χ0) is 21.1. The van der Waals surface area contributed by atoms with E-state index in [1.165, 1.54) is 10.8 Å². The van der Waals surface area contributed by atoms with E-state index in [1.807, 2.05) is 0 Å². The number of nitrogens with one attached hydrogen (secondary N) is 2. The molecule has 0 saturated carbocycles. The summed E-state index contributed by atoms with van der Waals surface area (Å²) in [6.45, 7) is 1.85. The van der Waals surface area contributed by atoms with Crippen LogP contribution in [0.3, 0.4) is 0 Å². The molecule has 29 heavy (non-hydrogen) atoms. The van der Waals surface area contributed by atoms with Crippen molar-refractivity contribution in [1.82, 2.24) is 14.9 Å². The summed E-state index contributed by atoms with van der Waals surface area (Å²) in [6.07, 6.45) is -0.272. The van der Waals surface area contributed by atoms with Crippen LogP contribution in [0.2, 0.25) is 10.0 Å². The number of benzene rings is 1. The van der Waals surface area contributed by atoms with Crippen molar-refractivity contribution in [3.8, 4) is 0 Å². The highest BCUT2D eigenvalue weighted by Gasteiger charge is 2.35. The highest BCUT2D eigenvalue weighted by Crippen LogP contribution is 2.28. The average molecular weight is 442 g/mol. The minimum Gasteiger partial charge on any atom is -0.390 e. The quantitative estimate of drug-likeness (QED) is 0.626. The van der Waals surface area contributed by atoms with Crippen molar-refractivity contribution >= 4 is 29.1 Å². The summed E-state index contributed by atoms with van der Waals surface area (Å²) in [5.74, 6) is -0.325. The number of aliphatic hydroxyl groups is 1. The molecule has 2 aromatic rings. The van der Waals surface area contributed by atoms with Gasteiger partial charge in [-0.1, -0.05) is 36.2 Å². The third kappa shape index (κ3) is 4.90. The topological polar surface area (TPSA) is 113 Å². The first-order chi connectivity index (χ1) is 13.8. The fourth-order valence-electron chi connectivity index (χ4n) is 3.20. The number of hydrogen-bond acceptors (Lipinski definition) is 5. The molecule has 1 aromatic heterocycles. The molecule has 10 heteroatoms. The van der Waals surface area contributed by atoms with Crippen LogP contribution < -0.4 is 16.6 Å². The van der Waals surface area contributed by atoms with E-state index in [-0.39, 0.29) is 25.3 Å². The molecule has 1 saturated heterocycles. The fraction of sp³-hybridized carbons (Fsp3) is 0.421. The van der Waals surface area contributed by atoms with Gasteiger partial charge in [-0.3, -0.25) is 19.1 Å². The number of carbonyl (C=O) groups is 1. The number of aliphatic hydroxyl groups excluding tert-OH is 1. The highest BCUT2D eigenvalue weighted by atomic mass is 35.5. The zero-order valence-corrected chi connectivity index (χ0v) is 17.2. The number of nitrogens with zero attached hydrogens (tertiary/aromatic N) is 1. The van der Waals surface area contributed by atoms with Crippen LogP contribution in [0.15, 0.2) is 34.0 Å². The normalized spacial score (nSPS) is 21.3. The molecule has 3 N–H and O–H groups in total. The first-order valence-corrected chi connectivity index (χ1v) is 9.93. The first kappa shape index (κ1) is 21.6. The molecule has 0 bridgehead atoms. The molecular weight excluding hydrogens is 421 g/mol. The summed E-state index contributed by atoms with van der Waals surface area (Å²) in [6, 6.07) is 4.99. The molecule has 1 aromatic carbocycles. The van der Waals surface area contributed by atoms with Gasteiger partial charge >= 0.3 is 5.69 Å². The van der Waals surface area contributed by atoms with Gasteiger partial charge in [-0.05, 0) is 24.1 Å². The predicted octanol–water partition coefficient (Wildman–Crippen LogP) is 1.41. The number of hydrogen-bond donors (Lipinski definition) is 3. The van der Waals surface area contributed by atoms with E-state index in [0.29, 0.717) is 27.6 Å². The van der Waals surface area contributed by atoms with Crippen LogP contribution in [0.1, 0.15) is 30.7 Å². The number of aromatic nitrogens is 2. The lowest BCUT2D eigenvalue weighted by Crippen LogP contribution is -2.38. The van der Waals surface area contributed by atoms with Crippen LogP contribution >= 0.6 is 23.2 Å². The Balaban J connectivity index is 1.63. The molecule has 0 aliphatic carbocycles. The Morgan fingerprint density at radius 1 is 1.34 bits per heavy atom. The number of rotatable bonds is 6. The molecule has 0 radical (unpaired) electrons. The van der Waals surface area contributed by atoms with E-state index in [4.69, 9.17) is 27.9 Å². The Labute approximate surface area is 176 Å². The zero-order valence-electron chi connectivity index (χ0n) is 15.7. The van der Waals surface area contributed by atoms with Gasteiger partial charge in [0, 0.05) is 34.8 Å². The maximum absolute atomic E-state index is 12.2. The SMILES string of the molecule is CCc1cn(C2CC(O)C(CNC(=O)Cc3c(Cl)cccc3Cl)O2)c(=O)[nH]c1=O. The summed E-state index contributed by atoms with van der Waals surface area (Å²) >= 11 is 12.1. The van der Waals surface area contributed by atoms with Crippen LogP contribution in [0.4, 0.5) is 0 Å². The van der Waals surface area contributed by atoms with Crippen molar-refractivity contribution < 1.29 is 14.6 Å². The van der Waals surface area contributed by atoms with Gasteiger partial charge in [0.05, 0.1) is 12.5 Å². The van der Waals surface area contributed by atoms with Gasteiger partial charge in [0.1, 0.15) is 12.3 Å². The van der Waals surface area contributed by atoms with Gasteiger partial charge in [-0.25, -0.2) is 4.79 Å². The van der Waals surface area contributed by atoms with Crippen molar-refractivity contribution in [2.24, 2.45) is 0 Å². The average Bonchev–Trinajstić information content (AvgIpc) is 3.03. The number of carbonyl (C=O) groups excluding carboxylic acids is 1. The van der Waals surface area contributed by atoms with Crippen molar-refractivity contribution in [1.29, 1.82) is 0 Å². The van der Waals surface area contributed by atoms with Crippen LogP contribution in [-0.2, 0) is 22.4 Å². The summed E-state index contributed by atoms with van der Waals surface area (Å²) in [7, 11) is 0. The molecule has 1 aliphatic heterocycles. The second-order valence-corrected chi connectivity index (χ2v) is 7.60. The summed E-state index contributed by atoms with van der Waals surface area (Å²) in [4.78, 5) is 38.3. The molecule has 1 aliphatic rings. The van der Waals surface area contributed by atoms with Gasteiger partial charge < -0.3 is 15.2 Å². The number of aromatic amines is 1. The Kier molecular flexibility index (Phi) is 6.79. The molecule has 2 heterocycles. The summed E-state index contributed by atoms with van der Waals surface area (Å²) in [5, 5.41) is 13.8. The molecule has 1 amide bonds. The minimum atomic E-state index is -0.881. The lowest BCUT2D eigenvalue weighted by molar-refractivity contribution is -0.121. The maximum atomic E-state index is 12.2. The first-order valence-electron chi connectivity index (χ1n) is 9.17. The van der Waals surface area contributed by atoms with Gasteiger partial charge in [-0.15, -0.1) is 0 Å². The minimum absolute atomic E-state index is 0.00993. The van der Waals surface area contributed by atoms with E-state index < -0.39 is 29.7 Å². The standard InChI is InChI=1S/C19H21Cl2N3O5/c1-2-10-9-24(19(28)23-18(10)27)17-7-14(25)15(29-17)8-22-16(26)6-11-12(20)4-3-5-13(11)21/h3-5,9,14-15,17,25H,2,6-8H2,1H3,(H,22,26)(H,23,27,28). The second-order valence-electron chi connectivity index (χ2n) is 6.79. The number of ether oxygens (including phenoxy) is 1. The van der Waals surface area contributed by atoms with Gasteiger partial charge in [0.2, 0.25) is 5.91 Å². The lowest BCUT2D eigenvalue weighted by Gasteiger charge is -2.17. The smallest absolute Gasteiger partial charge is 0.330 e. The third-order valence-electron chi connectivity index (χ3n) is 4.84. The van der Waals surface area contributed by atoms with E-state index >= 15 is 0 Å². The predicted molar refractivity (Wildman–Crippen MR) is 108 cm³/mol. The third-order valence-corrected chi connectivity index (χ3v) is 5.54. The Bertz CT molecular complexity index is 999. The summed E-state index contributed by atoms with van der Waals surface area (Å²) < 4.78 is 7.01. The van der Waals surface area contributed by atoms with Crippen LogP contribution in [0.25, 0.3) is 0 Å². The Hall–Kier alpha value is -2.13. The number of H-pyrrole nitrogens is 1.